The van der Waals surface area contributed by atoms with Crippen molar-refractivity contribution in [1.82, 2.24) is 24.5 Å². The first-order valence-electron chi connectivity index (χ1n) is 8.88. The zero-order chi connectivity index (χ0) is 17.1. The Labute approximate surface area is 146 Å². The van der Waals surface area contributed by atoms with Crippen LogP contribution in [-0.2, 0) is 0 Å². The van der Waals surface area contributed by atoms with Crippen LogP contribution >= 0.6 is 0 Å². The third kappa shape index (κ3) is 3.40. The first kappa shape index (κ1) is 15.8. The Bertz CT molecular complexity index is 856. The molecule has 3 aromatic heterocycles. The molecule has 1 aliphatic rings. The van der Waals surface area contributed by atoms with Gasteiger partial charge in [-0.05, 0) is 19.8 Å². The van der Waals surface area contributed by atoms with Crippen molar-refractivity contribution >= 4 is 16.9 Å². The maximum atomic E-state index is 5.50. The minimum atomic E-state index is 0.492. The molecule has 0 aliphatic heterocycles. The van der Waals surface area contributed by atoms with Crippen molar-refractivity contribution in [3.8, 4) is 11.7 Å². The Hall–Kier alpha value is -2.70. The summed E-state index contributed by atoms with van der Waals surface area (Å²) in [5.74, 6) is 2.13. The lowest BCUT2D eigenvalue weighted by Crippen LogP contribution is -2.23. The molecule has 0 radical (unpaired) electrons. The van der Waals surface area contributed by atoms with E-state index in [0.717, 1.165) is 22.7 Å². The molecule has 0 amide bonds. The van der Waals surface area contributed by atoms with Gasteiger partial charge in [0.25, 0.3) is 0 Å². The number of imidazole rings is 1. The van der Waals surface area contributed by atoms with Crippen molar-refractivity contribution in [3.05, 3.63) is 31.0 Å². The summed E-state index contributed by atoms with van der Waals surface area (Å²) in [4.78, 5) is 17.7. The van der Waals surface area contributed by atoms with Gasteiger partial charge >= 0.3 is 0 Å². The molecule has 3 aromatic rings. The molecular weight excluding hydrogens is 316 g/mol. The quantitative estimate of drug-likeness (QED) is 0.768. The maximum absolute atomic E-state index is 5.50. The van der Waals surface area contributed by atoms with E-state index < -0.39 is 0 Å². The molecule has 1 fully saturated rings. The summed E-state index contributed by atoms with van der Waals surface area (Å²) in [5, 5.41) is 3.52. The van der Waals surface area contributed by atoms with Crippen LogP contribution in [0.2, 0.25) is 0 Å². The second-order valence-corrected chi connectivity index (χ2v) is 6.30. The molecule has 25 heavy (non-hydrogen) atoms. The van der Waals surface area contributed by atoms with Crippen LogP contribution in [0.15, 0.2) is 31.0 Å². The number of fused-ring (bicyclic) bond motifs is 1. The van der Waals surface area contributed by atoms with Gasteiger partial charge < -0.3 is 10.1 Å². The Kier molecular flexibility index (Phi) is 4.45. The van der Waals surface area contributed by atoms with Crippen LogP contribution in [0.3, 0.4) is 0 Å². The standard InChI is InChI=1S/C18H22N6O/c1-2-25-18-8-15-14(9-20-18)21-12-24(15)17-11-19-10-16(23-17)22-13-6-4-3-5-7-13/h8-13H,2-7H2,1H3,(H,22,23). The average molecular weight is 338 g/mol. The fraction of sp³-hybridized carbons (Fsp3) is 0.444. The predicted molar refractivity (Wildman–Crippen MR) is 96.1 cm³/mol. The number of rotatable bonds is 5. The number of nitrogens with zero attached hydrogens (tertiary/aromatic N) is 5. The number of aromatic nitrogens is 5. The van der Waals surface area contributed by atoms with Crippen LogP contribution in [0.1, 0.15) is 39.0 Å². The Balaban J connectivity index is 1.63. The van der Waals surface area contributed by atoms with Gasteiger partial charge in [-0.3, -0.25) is 9.55 Å². The van der Waals surface area contributed by atoms with Crippen LogP contribution in [0.4, 0.5) is 5.82 Å². The van der Waals surface area contributed by atoms with Crippen LogP contribution < -0.4 is 10.1 Å². The minimum absolute atomic E-state index is 0.492. The highest BCUT2D eigenvalue weighted by Gasteiger charge is 2.14. The van der Waals surface area contributed by atoms with Gasteiger partial charge in [0.15, 0.2) is 5.82 Å². The van der Waals surface area contributed by atoms with E-state index in [1.54, 1.807) is 24.9 Å². The fourth-order valence-electron chi connectivity index (χ4n) is 3.30. The van der Waals surface area contributed by atoms with E-state index in [-0.39, 0.29) is 0 Å². The number of hydrogen-bond acceptors (Lipinski definition) is 6. The summed E-state index contributed by atoms with van der Waals surface area (Å²) in [6, 6.07) is 2.38. The molecule has 0 unspecified atom stereocenters. The lowest BCUT2D eigenvalue weighted by molar-refractivity contribution is 0.327. The van der Waals surface area contributed by atoms with Crippen LogP contribution in [0.25, 0.3) is 16.9 Å². The summed E-state index contributed by atoms with van der Waals surface area (Å²) >= 11 is 0. The smallest absolute Gasteiger partial charge is 0.215 e. The SMILES string of the molecule is CCOc1cc2c(cn1)ncn2-c1cncc(NC2CCCCC2)n1. The number of nitrogens with one attached hydrogen (secondary N) is 1. The first-order chi connectivity index (χ1) is 12.3. The van der Waals surface area contributed by atoms with Gasteiger partial charge in [-0.2, -0.15) is 0 Å². The van der Waals surface area contributed by atoms with Gasteiger partial charge in [-0.15, -0.1) is 0 Å². The van der Waals surface area contributed by atoms with Gasteiger partial charge in [0.05, 0.1) is 30.7 Å². The van der Waals surface area contributed by atoms with Crippen molar-refractivity contribution in [1.29, 1.82) is 0 Å². The van der Waals surface area contributed by atoms with E-state index >= 15 is 0 Å². The molecule has 1 saturated carbocycles. The lowest BCUT2D eigenvalue weighted by atomic mass is 9.96. The number of ether oxygens (including phenoxy) is 1. The molecule has 3 heterocycles. The molecule has 1 N–H and O–H groups in total. The molecule has 0 atom stereocenters. The van der Waals surface area contributed by atoms with Crippen molar-refractivity contribution in [2.75, 3.05) is 11.9 Å². The predicted octanol–water partition coefficient (Wildman–Crippen LogP) is 3.35. The van der Waals surface area contributed by atoms with Gasteiger partial charge in [-0.25, -0.2) is 15.0 Å². The molecular formula is C18H22N6O. The highest BCUT2D eigenvalue weighted by atomic mass is 16.5. The van der Waals surface area contributed by atoms with Gasteiger partial charge in [0.2, 0.25) is 5.88 Å². The zero-order valence-electron chi connectivity index (χ0n) is 14.4. The topological polar surface area (TPSA) is 77.8 Å². The monoisotopic (exact) mass is 338 g/mol. The molecule has 0 saturated heterocycles. The molecule has 0 bridgehead atoms. The minimum Gasteiger partial charge on any atom is -0.478 e. The normalized spacial score (nSPS) is 15.4. The third-order valence-corrected chi connectivity index (χ3v) is 4.53. The molecule has 0 aromatic carbocycles. The number of anilines is 1. The summed E-state index contributed by atoms with van der Waals surface area (Å²) in [5.41, 5.74) is 1.71. The number of pyridine rings is 1. The van der Waals surface area contributed by atoms with E-state index in [2.05, 4.69) is 20.3 Å². The second-order valence-electron chi connectivity index (χ2n) is 6.30. The van der Waals surface area contributed by atoms with Crippen molar-refractivity contribution < 1.29 is 4.74 Å². The highest BCUT2D eigenvalue weighted by Crippen LogP contribution is 2.23. The van der Waals surface area contributed by atoms with Crippen LogP contribution in [0.5, 0.6) is 5.88 Å². The molecule has 130 valence electrons. The first-order valence-corrected chi connectivity index (χ1v) is 8.88. The Morgan fingerprint density at radius 3 is 2.88 bits per heavy atom. The molecule has 7 heteroatoms. The van der Waals surface area contributed by atoms with E-state index in [4.69, 9.17) is 9.72 Å². The fourth-order valence-corrected chi connectivity index (χ4v) is 3.30. The van der Waals surface area contributed by atoms with Gasteiger partial charge in [-0.1, -0.05) is 19.3 Å². The average Bonchev–Trinajstić information content (AvgIpc) is 3.06. The third-order valence-electron chi connectivity index (χ3n) is 4.53. The summed E-state index contributed by atoms with van der Waals surface area (Å²) in [7, 11) is 0. The Morgan fingerprint density at radius 1 is 1.16 bits per heavy atom. The Morgan fingerprint density at radius 2 is 2.04 bits per heavy atom. The maximum Gasteiger partial charge on any atom is 0.215 e. The lowest BCUT2D eigenvalue weighted by Gasteiger charge is -2.23. The van der Waals surface area contributed by atoms with E-state index in [0.29, 0.717) is 18.5 Å². The van der Waals surface area contributed by atoms with Crippen molar-refractivity contribution in [2.45, 2.75) is 45.1 Å². The van der Waals surface area contributed by atoms with E-state index in [1.165, 1.54) is 32.1 Å². The highest BCUT2D eigenvalue weighted by molar-refractivity contribution is 5.77. The van der Waals surface area contributed by atoms with Gasteiger partial charge in [0, 0.05) is 12.1 Å². The summed E-state index contributed by atoms with van der Waals surface area (Å²) in [6.07, 6.45) is 13.3. The molecule has 4 rings (SSSR count). The van der Waals surface area contributed by atoms with Crippen molar-refractivity contribution in [3.63, 3.8) is 0 Å². The van der Waals surface area contributed by atoms with Crippen LogP contribution in [-0.4, -0.2) is 37.2 Å². The van der Waals surface area contributed by atoms with E-state index in [9.17, 15) is 0 Å². The molecule has 0 spiro atoms. The molecule has 1 aliphatic carbocycles. The molecule has 7 nitrogen and oxygen atoms in total. The van der Waals surface area contributed by atoms with E-state index in [1.807, 2.05) is 17.6 Å². The van der Waals surface area contributed by atoms with Crippen molar-refractivity contribution in [2.24, 2.45) is 0 Å². The van der Waals surface area contributed by atoms with Crippen LogP contribution in [0, 0.1) is 0 Å². The summed E-state index contributed by atoms with van der Waals surface area (Å²) < 4.78 is 7.41. The largest absolute Gasteiger partial charge is 0.478 e. The zero-order valence-corrected chi connectivity index (χ0v) is 14.4. The van der Waals surface area contributed by atoms with Gasteiger partial charge in [0.1, 0.15) is 17.7 Å². The second kappa shape index (κ2) is 7.04. The number of hydrogen-bond donors (Lipinski definition) is 1. The summed E-state index contributed by atoms with van der Waals surface area (Å²) in [6.45, 7) is 2.52.